The highest BCUT2D eigenvalue weighted by atomic mass is 79.9. The summed E-state index contributed by atoms with van der Waals surface area (Å²) in [4.78, 5) is 5.23. The minimum absolute atomic E-state index is 0.403. The zero-order valence-corrected chi connectivity index (χ0v) is 11.1. The van der Waals surface area contributed by atoms with Gasteiger partial charge in [0, 0.05) is 0 Å². The number of oxime groups is 1. The van der Waals surface area contributed by atoms with E-state index >= 15 is 0 Å². The highest BCUT2D eigenvalue weighted by Gasteiger charge is 2.32. The van der Waals surface area contributed by atoms with E-state index in [4.69, 9.17) is 4.84 Å². The summed E-state index contributed by atoms with van der Waals surface area (Å²) in [5.41, 5.74) is 1.57. The molecule has 1 saturated carbocycles. The molecule has 1 fully saturated rings. The Morgan fingerprint density at radius 3 is 2.50 bits per heavy atom. The molecule has 82 valence electrons. The number of nitrogens with zero attached hydrogens (tertiary/aromatic N) is 1. The predicted octanol–water partition coefficient (Wildman–Crippen LogP) is 3.60. The topological polar surface area (TPSA) is 21.6 Å². The lowest BCUT2D eigenvalue weighted by Gasteiger charge is -2.36. The van der Waals surface area contributed by atoms with Gasteiger partial charge in [0.2, 0.25) is 0 Å². The van der Waals surface area contributed by atoms with Crippen LogP contribution in [0.3, 0.4) is 0 Å². The number of hydrogen-bond donors (Lipinski definition) is 0. The summed E-state index contributed by atoms with van der Waals surface area (Å²) in [6, 6.07) is 0. The fraction of sp³-hybridized carbons (Fsp3) is 0.909. The van der Waals surface area contributed by atoms with Gasteiger partial charge in [0.05, 0.1) is 10.5 Å². The second kappa shape index (κ2) is 4.65. The summed E-state index contributed by atoms with van der Waals surface area (Å²) in [5, 5.41) is 4.05. The van der Waals surface area contributed by atoms with Crippen LogP contribution in [0.2, 0.25) is 0 Å². The summed E-state index contributed by atoms with van der Waals surface area (Å²) in [5.74, 6) is 0.780. The Balaban J connectivity index is 2.60. The summed E-state index contributed by atoms with van der Waals surface area (Å²) in [6.07, 6.45) is 3.46. The highest BCUT2D eigenvalue weighted by molar-refractivity contribution is 9.10. The van der Waals surface area contributed by atoms with Gasteiger partial charge < -0.3 is 4.84 Å². The molecule has 0 aliphatic heterocycles. The van der Waals surface area contributed by atoms with Crippen LogP contribution in [0.15, 0.2) is 5.16 Å². The van der Waals surface area contributed by atoms with E-state index in [2.05, 4.69) is 41.9 Å². The minimum atomic E-state index is 0.403. The molecule has 0 spiro atoms. The largest absolute Gasteiger partial charge is 0.399 e. The summed E-state index contributed by atoms with van der Waals surface area (Å²) in [7, 11) is 1.61. The molecule has 0 unspecified atom stereocenters. The lowest BCUT2D eigenvalue weighted by atomic mass is 9.72. The van der Waals surface area contributed by atoms with Crippen LogP contribution in [0, 0.1) is 11.3 Å². The molecule has 0 aromatic carbocycles. The number of hydrogen-bond acceptors (Lipinski definition) is 2. The first-order valence-corrected chi connectivity index (χ1v) is 6.10. The third-order valence-electron chi connectivity index (χ3n) is 3.04. The van der Waals surface area contributed by atoms with Crippen LogP contribution < -0.4 is 0 Å². The maximum absolute atomic E-state index is 4.83. The quantitative estimate of drug-likeness (QED) is 0.522. The van der Waals surface area contributed by atoms with E-state index in [0.29, 0.717) is 10.2 Å². The van der Waals surface area contributed by atoms with Crippen LogP contribution in [0.4, 0.5) is 0 Å². The molecule has 0 saturated heterocycles. The average Bonchev–Trinajstić information content (AvgIpc) is 2.07. The lowest BCUT2D eigenvalue weighted by Crippen LogP contribution is -2.32. The van der Waals surface area contributed by atoms with Crippen molar-refractivity contribution in [3.8, 4) is 0 Å². The van der Waals surface area contributed by atoms with Crippen molar-refractivity contribution >= 4 is 21.6 Å². The minimum Gasteiger partial charge on any atom is -0.399 e. The predicted molar refractivity (Wildman–Crippen MR) is 64.0 cm³/mol. The number of alkyl halides is 1. The normalized spacial score (nSPS) is 31.9. The van der Waals surface area contributed by atoms with Crippen molar-refractivity contribution in [1.29, 1.82) is 0 Å². The SMILES string of the molecule is CO/N=C1\CC[C@@H](C(C)(C)C)C[C@H]1Br. The molecule has 1 rings (SSSR count). The van der Waals surface area contributed by atoms with Crippen LogP contribution in [-0.2, 0) is 4.84 Å². The zero-order chi connectivity index (χ0) is 10.8. The average molecular weight is 262 g/mol. The van der Waals surface area contributed by atoms with Gasteiger partial charge in [-0.05, 0) is 30.6 Å². The van der Waals surface area contributed by atoms with Crippen molar-refractivity contribution in [1.82, 2.24) is 0 Å². The zero-order valence-electron chi connectivity index (χ0n) is 9.51. The van der Waals surface area contributed by atoms with Crippen molar-refractivity contribution in [2.75, 3.05) is 7.11 Å². The third-order valence-corrected chi connectivity index (χ3v) is 3.94. The van der Waals surface area contributed by atoms with Crippen molar-refractivity contribution in [2.24, 2.45) is 16.5 Å². The Morgan fingerprint density at radius 1 is 1.43 bits per heavy atom. The molecule has 0 heterocycles. The Morgan fingerprint density at radius 2 is 2.07 bits per heavy atom. The smallest absolute Gasteiger partial charge is 0.106 e. The van der Waals surface area contributed by atoms with E-state index in [1.165, 1.54) is 12.8 Å². The molecule has 0 bridgehead atoms. The second-order valence-electron chi connectivity index (χ2n) is 5.07. The van der Waals surface area contributed by atoms with E-state index < -0.39 is 0 Å². The molecule has 0 amide bonds. The molecule has 1 aliphatic rings. The van der Waals surface area contributed by atoms with Crippen LogP contribution in [0.25, 0.3) is 0 Å². The molecule has 14 heavy (non-hydrogen) atoms. The summed E-state index contributed by atoms with van der Waals surface area (Å²) < 4.78 is 0. The maximum atomic E-state index is 4.83. The third kappa shape index (κ3) is 2.97. The van der Waals surface area contributed by atoms with Gasteiger partial charge in [-0.25, -0.2) is 0 Å². The van der Waals surface area contributed by atoms with E-state index in [9.17, 15) is 0 Å². The molecule has 0 aromatic rings. The van der Waals surface area contributed by atoms with Crippen LogP contribution in [0.1, 0.15) is 40.0 Å². The van der Waals surface area contributed by atoms with Gasteiger partial charge in [-0.1, -0.05) is 41.9 Å². The van der Waals surface area contributed by atoms with Crippen molar-refractivity contribution < 1.29 is 4.84 Å². The fourth-order valence-corrected chi connectivity index (χ4v) is 2.75. The van der Waals surface area contributed by atoms with Gasteiger partial charge in [-0.2, -0.15) is 0 Å². The first-order valence-electron chi connectivity index (χ1n) is 5.19. The molecular weight excluding hydrogens is 242 g/mol. The van der Waals surface area contributed by atoms with Crippen LogP contribution in [-0.4, -0.2) is 17.6 Å². The molecule has 2 nitrogen and oxygen atoms in total. The highest BCUT2D eigenvalue weighted by Crippen LogP contribution is 2.39. The summed E-state index contributed by atoms with van der Waals surface area (Å²) >= 11 is 3.68. The second-order valence-corrected chi connectivity index (χ2v) is 6.18. The first-order chi connectivity index (χ1) is 6.45. The van der Waals surface area contributed by atoms with Crippen molar-refractivity contribution in [2.45, 2.75) is 44.9 Å². The van der Waals surface area contributed by atoms with E-state index in [-0.39, 0.29) is 0 Å². The Hall–Kier alpha value is -0.0500. The number of halogens is 1. The standard InChI is InChI=1S/C11H20BrNO/c1-11(2,3)8-5-6-10(13-14-4)9(12)7-8/h8-9H,5-7H2,1-4H3/b13-10+/t8-,9-/m1/s1. The Labute approximate surface area is 95.2 Å². The van der Waals surface area contributed by atoms with Crippen molar-refractivity contribution in [3.63, 3.8) is 0 Å². The van der Waals surface area contributed by atoms with Gasteiger partial charge in [-0.15, -0.1) is 0 Å². The lowest BCUT2D eigenvalue weighted by molar-refractivity contribution is 0.194. The molecule has 3 heteroatoms. The molecule has 2 atom stereocenters. The molecule has 0 aromatic heterocycles. The maximum Gasteiger partial charge on any atom is 0.106 e. The number of rotatable bonds is 1. The van der Waals surface area contributed by atoms with E-state index in [1.54, 1.807) is 7.11 Å². The summed E-state index contributed by atoms with van der Waals surface area (Å²) in [6.45, 7) is 6.95. The van der Waals surface area contributed by atoms with Crippen LogP contribution >= 0.6 is 15.9 Å². The monoisotopic (exact) mass is 261 g/mol. The fourth-order valence-electron chi connectivity index (χ4n) is 1.99. The van der Waals surface area contributed by atoms with Gasteiger partial charge in [-0.3, -0.25) is 0 Å². The van der Waals surface area contributed by atoms with Gasteiger partial charge in [0.1, 0.15) is 7.11 Å². The molecular formula is C11H20BrNO. The molecule has 0 radical (unpaired) electrons. The Kier molecular flexibility index (Phi) is 3.99. The molecule has 1 aliphatic carbocycles. The van der Waals surface area contributed by atoms with Gasteiger partial charge in [0.15, 0.2) is 0 Å². The van der Waals surface area contributed by atoms with E-state index in [0.717, 1.165) is 18.1 Å². The van der Waals surface area contributed by atoms with Crippen molar-refractivity contribution in [3.05, 3.63) is 0 Å². The van der Waals surface area contributed by atoms with E-state index in [1.807, 2.05) is 0 Å². The Bertz CT molecular complexity index is 220. The van der Waals surface area contributed by atoms with Crippen LogP contribution in [0.5, 0.6) is 0 Å². The van der Waals surface area contributed by atoms with Gasteiger partial charge in [0.25, 0.3) is 0 Å². The van der Waals surface area contributed by atoms with Gasteiger partial charge >= 0.3 is 0 Å². The first kappa shape index (κ1) is 12.0. The molecule has 0 N–H and O–H groups in total.